The third kappa shape index (κ3) is 12.1. The van der Waals surface area contributed by atoms with Gasteiger partial charge in [0, 0.05) is 42.3 Å². The topological polar surface area (TPSA) is 150 Å². The van der Waals surface area contributed by atoms with Crippen LogP contribution in [0.15, 0.2) is 103 Å². The number of aryl methyl sites for hydroxylation is 1. The van der Waals surface area contributed by atoms with Crippen molar-refractivity contribution in [2.75, 3.05) is 31.7 Å². The minimum atomic E-state index is -5.02. The van der Waals surface area contributed by atoms with Gasteiger partial charge in [0.05, 0.1) is 32.1 Å². The predicted molar refractivity (Wildman–Crippen MR) is 241 cm³/mol. The van der Waals surface area contributed by atoms with Crippen molar-refractivity contribution in [1.82, 2.24) is 14.6 Å². The molecule has 4 aromatic carbocycles. The highest BCUT2D eigenvalue weighted by molar-refractivity contribution is 7.92. The number of benzene rings is 4. The van der Waals surface area contributed by atoms with Gasteiger partial charge in [-0.05, 0) is 105 Å². The van der Waals surface area contributed by atoms with E-state index in [-0.39, 0.29) is 37.9 Å². The predicted octanol–water partition coefficient (Wildman–Crippen LogP) is 9.20. The molecule has 0 aliphatic carbocycles. The average molecular weight is 929 g/mol. The van der Waals surface area contributed by atoms with E-state index >= 15 is 0 Å². The number of anilines is 1. The number of hydrogen-bond donors (Lipinski definition) is 3. The van der Waals surface area contributed by atoms with Gasteiger partial charge in [-0.2, -0.15) is 13.2 Å². The number of fused-ring (bicyclic) bond motifs is 1. The van der Waals surface area contributed by atoms with Crippen LogP contribution in [0.3, 0.4) is 0 Å². The average Bonchev–Trinajstić information content (AvgIpc) is 3.82. The Hall–Kier alpha value is -4.74. The summed E-state index contributed by atoms with van der Waals surface area (Å²) in [7, 11) is -2.61. The first kappa shape index (κ1) is 48.7. The second-order valence-electron chi connectivity index (χ2n) is 16.2. The van der Waals surface area contributed by atoms with E-state index in [1.54, 1.807) is 32.4 Å². The van der Waals surface area contributed by atoms with Gasteiger partial charge in [-0.3, -0.25) is 9.52 Å². The first-order chi connectivity index (χ1) is 30.4. The second kappa shape index (κ2) is 21.0. The molecule has 13 nitrogen and oxygen atoms in total. The Bertz CT molecular complexity index is 2370. The molecule has 64 heavy (non-hydrogen) atoms. The number of aromatic nitrogens is 1. The van der Waals surface area contributed by atoms with Gasteiger partial charge in [-0.1, -0.05) is 54.6 Å². The van der Waals surface area contributed by atoms with Crippen LogP contribution in [-0.2, 0) is 35.2 Å². The lowest BCUT2D eigenvalue weighted by atomic mass is 9.97. The van der Waals surface area contributed by atoms with E-state index in [1.807, 2.05) is 127 Å². The maximum Gasteiger partial charge on any atom is 0.471 e. The summed E-state index contributed by atoms with van der Waals surface area (Å²) in [6.45, 7) is 7.70. The van der Waals surface area contributed by atoms with Gasteiger partial charge >= 0.3 is 12.1 Å². The van der Waals surface area contributed by atoms with E-state index in [0.717, 1.165) is 22.9 Å². The van der Waals surface area contributed by atoms with Crippen LogP contribution in [0.4, 0.5) is 18.9 Å². The van der Waals surface area contributed by atoms with Crippen LogP contribution in [0.1, 0.15) is 81.2 Å². The molecule has 0 spiro atoms. The van der Waals surface area contributed by atoms with Gasteiger partial charge in [0.25, 0.3) is 8.53 Å². The van der Waals surface area contributed by atoms with Crippen molar-refractivity contribution in [2.45, 2.75) is 95.9 Å². The molecule has 1 saturated heterocycles. The van der Waals surface area contributed by atoms with Crippen molar-refractivity contribution in [3.05, 3.63) is 126 Å². The van der Waals surface area contributed by atoms with Crippen LogP contribution in [0, 0.1) is 0 Å². The number of nitrogens with one attached hydrogen (secondary N) is 2. The van der Waals surface area contributed by atoms with E-state index in [4.69, 9.17) is 23.5 Å². The van der Waals surface area contributed by atoms with E-state index in [9.17, 15) is 31.3 Å². The van der Waals surface area contributed by atoms with Crippen LogP contribution >= 0.6 is 8.53 Å². The monoisotopic (exact) mass is 928 g/mol. The molecule has 1 aliphatic heterocycles. The van der Waals surface area contributed by atoms with Crippen molar-refractivity contribution < 1.29 is 54.7 Å². The Labute approximate surface area is 373 Å². The molecule has 0 bridgehead atoms. The van der Waals surface area contributed by atoms with Gasteiger partial charge in [-0.15, -0.1) is 0 Å². The molecule has 1 aliphatic rings. The van der Waals surface area contributed by atoms with E-state index < -0.39 is 61.3 Å². The molecule has 18 heteroatoms. The Balaban J connectivity index is 1.44. The van der Waals surface area contributed by atoms with Crippen molar-refractivity contribution in [3.63, 3.8) is 0 Å². The lowest BCUT2D eigenvalue weighted by molar-refractivity contribution is -0.173. The Kier molecular flexibility index (Phi) is 16.0. The summed E-state index contributed by atoms with van der Waals surface area (Å²) in [4.78, 5) is 23.4. The Morgan fingerprint density at radius 3 is 2.03 bits per heavy atom. The van der Waals surface area contributed by atoms with Crippen molar-refractivity contribution in [2.24, 2.45) is 0 Å². The highest BCUT2D eigenvalue weighted by Gasteiger charge is 2.46. The number of rotatable bonds is 20. The van der Waals surface area contributed by atoms with Gasteiger partial charge in [0.1, 0.15) is 36.0 Å². The zero-order valence-electron chi connectivity index (χ0n) is 36.8. The standard InChI is InChI=1S/C46H56F3N4O9PS/c1-29(2)53(30(3)4)63(55)62-40-27-41(52-28-34(14-11-25-50-45(54)46(47,48)49)38-26-35(19-24-39(38)52)51-64(7,56)57)60-44(40)43(31-12-9-8-10-13-31)61-42(32-15-20-36(58-5)21-16-32)33-17-22-37(59-6)23-18-33/h8-10,12-13,15-24,26,28-30,40-44,51,55H,11,14,25,27H2,1-7H3,(H,50,54). The van der Waals surface area contributed by atoms with Crippen molar-refractivity contribution >= 4 is 41.0 Å². The van der Waals surface area contributed by atoms with Gasteiger partial charge in [0.15, 0.2) is 0 Å². The van der Waals surface area contributed by atoms with E-state index in [1.165, 1.54) is 0 Å². The van der Waals surface area contributed by atoms with E-state index in [0.29, 0.717) is 33.7 Å². The van der Waals surface area contributed by atoms with Gasteiger partial charge in [0.2, 0.25) is 10.0 Å². The normalized spacial score (nSPS) is 18.0. The maximum atomic E-state index is 13.0. The summed E-state index contributed by atoms with van der Waals surface area (Å²) < 4.78 is 102. The smallest absolute Gasteiger partial charge is 0.471 e. The number of carbonyl (C=O) groups excluding carboxylic acids is 1. The lowest BCUT2D eigenvalue weighted by Gasteiger charge is -2.36. The number of methoxy groups -OCH3 is 2. The fourth-order valence-electron chi connectivity index (χ4n) is 8.04. The summed E-state index contributed by atoms with van der Waals surface area (Å²) in [5.41, 5.74) is 4.08. The molecule has 5 atom stereocenters. The molecule has 346 valence electrons. The summed E-state index contributed by atoms with van der Waals surface area (Å²) in [5.74, 6) is -0.682. The fourth-order valence-corrected chi connectivity index (χ4v) is 9.94. The highest BCUT2D eigenvalue weighted by atomic mass is 32.2. The fraction of sp³-hybridized carbons (Fsp3) is 0.413. The molecule has 5 unspecified atom stereocenters. The number of nitrogens with zero attached hydrogens (tertiary/aromatic N) is 2. The summed E-state index contributed by atoms with van der Waals surface area (Å²) in [6.07, 6.45) is -5.24. The first-order valence-corrected chi connectivity index (χ1v) is 24.0. The minimum absolute atomic E-state index is 0.0602. The molecule has 2 heterocycles. The quantitative estimate of drug-likeness (QED) is 0.0510. The lowest BCUT2D eigenvalue weighted by Crippen LogP contribution is -2.37. The van der Waals surface area contributed by atoms with Crippen LogP contribution in [0.2, 0.25) is 0 Å². The molecule has 5 aromatic rings. The van der Waals surface area contributed by atoms with Crippen molar-refractivity contribution in [1.29, 1.82) is 0 Å². The number of sulfonamides is 1. The third-order valence-corrected chi connectivity index (χ3v) is 13.2. The number of carbonyl (C=O) groups is 1. The van der Waals surface area contributed by atoms with Gasteiger partial charge in [-0.25, -0.2) is 13.1 Å². The number of alkyl halides is 3. The van der Waals surface area contributed by atoms with Crippen LogP contribution < -0.4 is 19.5 Å². The summed E-state index contributed by atoms with van der Waals surface area (Å²) in [6, 6.07) is 29.7. The third-order valence-electron chi connectivity index (χ3n) is 10.8. The molecule has 6 rings (SSSR count). The second-order valence-corrected chi connectivity index (χ2v) is 19.1. The largest absolute Gasteiger partial charge is 0.497 e. The molecular formula is C46H56F3N4O9PS. The van der Waals surface area contributed by atoms with Crippen LogP contribution in [0.25, 0.3) is 10.9 Å². The van der Waals surface area contributed by atoms with Crippen molar-refractivity contribution in [3.8, 4) is 11.5 Å². The maximum absolute atomic E-state index is 13.0. The minimum Gasteiger partial charge on any atom is -0.497 e. The number of halogens is 3. The zero-order valence-corrected chi connectivity index (χ0v) is 38.5. The Morgan fingerprint density at radius 2 is 1.50 bits per heavy atom. The van der Waals surface area contributed by atoms with Gasteiger partial charge < -0.3 is 38.2 Å². The molecule has 0 radical (unpaired) electrons. The summed E-state index contributed by atoms with van der Waals surface area (Å²) in [5, 5.41) is 2.55. The van der Waals surface area contributed by atoms with Crippen LogP contribution in [-0.4, -0.2) is 85.9 Å². The molecular weight excluding hydrogens is 873 g/mol. The number of hydrogen-bond acceptors (Lipinski definition) is 10. The molecule has 1 aromatic heterocycles. The SMILES string of the molecule is COc1ccc(C(OC(c2ccccc2)C2OC(n3cc(CCCNC(=O)C(F)(F)F)c4cc(NS(C)(=O)=O)ccc43)CC2OP(O)N(C(C)C)C(C)C)c2ccc(OC)cc2)cc1. The molecule has 3 N–H and O–H groups in total. The summed E-state index contributed by atoms with van der Waals surface area (Å²) >= 11 is 0. The van der Waals surface area contributed by atoms with Crippen LogP contribution in [0.5, 0.6) is 11.5 Å². The molecule has 1 fully saturated rings. The van der Waals surface area contributed by atoms with E-state index in [2.05, 4.69) is 4.72 Å². The molecule has 1 amide bonds. The zero-order chi connectivity index (χ0) is 46.3. The highest BCUT2D eigenvalue weighted by Crippen LogP contribution is 2.50. The number of ether oxygens (including phenoxy) is 4. The first-order valence-electron chi connectivity index (χ1n) is 20.9. The molecule has 0 saturated carbocycles. The Morgan fingerprint density at radius 1 is 0.906 bits per heavy atom. The number of amides is 1.